The molecule has 0 saturated carbocycles. The van der Waals surface area contributed by atoms with E-state index in [0.717, 1.165) is 5.56 Å². The molecule has 0 aromatic heterocycles. The number of aryl methyl sites for hydroxylation is 1. The van der Waals surface area contributed by atoms with Gasteiger partial charge in [-0.2, -0.15) is 0 Å². The highest BCUT2D eigenvalue weighted by Gasteiger charge is 2.22. The lowest BCUT2D eigenvalue weighted by atomic mass is 10.1. The Hall–Kier alpha value is -2.37. The smallest absolute Gasteiger partial charge is 0.344 e. The molecule has 6 nitrogen and oxygen atoms in total. The molecule has 0 radical (unpaired) electrons. The summed E-state index contributed by atoms with van der Waals surface area (Å²) in [5.74, 6) is -2.45. The van der Waals surface area contributed by atoms with Crippen LogP contribution >= 0.6 is 0 Å². The number of ether oxygens (including phenoxy) is 1. The fourth-order valence-corrected chi connectivity index (χ4v) is 1.37. The van der Waals surface area contributed by atoms with Crippen LogP contribution in [0.15, 0.2) is 24.3 Å². The van der Waals surface area contributed by atoms with Crippen molar-refractivity contribution in [3.05, 3.63) is 35.4 Å². The first-order valence-corrected chi connectivity index (χ1v) is 8.12. The minimum atomic E-state index is -1.25. The average molecular weight is 339 g/mol. The van der Waals surface area contributed by atoms with Crippen LogP contribution in [0.5, 0.6) is 0 Å². The van der Waals surface area contributed by atoms with Gasteiger partial charge in [0.05, 0.1) is 0 Å². The van der Waals surface area contributed by atoms with E-state index in [2.05, 4.69) is 10.1 Å². The van der Waals surface area contributed by atoms with Crippen LogP contribution in [0.1, 0.15) is 57.5 Å². The Kier molecular flexibility index (Phi) is 13.0. The van der Waals surface area contributed by atoms with Gasteiger partial charge in [0.25, 0.3) is 5.91 Å². The van der Waals surface area contributed by atoms with Gasteiger partial charge in [-0.3, -0.25) is 4.79 Å². The molecule has 136 valence electrons. The minimum Gasteiger partial charge on any atom is -0.479 e. The summed E-state index contributed by atoms with van der Waals surface area (Å²) < 4.78 is 4.68. The summed E-state index contributed by atoms with van der Waals surface area (Å²) in [7, 11) is 0. The Balaban J connectivity index is 0. The molecule has 0 heterocycles. The molecule has 1 aromatic rings. The van der Waals surface area contributed by atoms with Gasteiger partial charge in [0.15, 0.2) is 6.10 Å². The number of carboxylic acids is 1. The van der Waals surface area contributed by atoms with Crippen LogP contribution < -0.4 is 5.32 Å². The van der Waals surface area contributed by atoms with Crippen LogP contribution in [0, 0.1) is 6.92 Å². The second kappa shape index (κ2) is 13.1. The molecule has 1 aromatic carbocycles. The van der Waals surface area contributed by atoms with Crippen molar-refractivity contribution in [2.45, 2.75) is 60.6 Å². The third-order valence-electron chi connectivity index (χ3n) is 2.66. The van der Waals surface area contributed by atoms with Gasteiger partial charge in [0.2, 0.25) is 0 Å². The van der Waals surface area contributed by atoms with E-state index < -0.39 is 30.0 Å². The first-order chi connectivity index (χ1) is 11.3. The molecule has 2 N–H and O–H groups in total. The van der Waals surface area contributed by atoms with Gasteiger partial charge in [-0.25, -0.2) is 9.59 Å². The molecule has 1 amide bonds. The highest BCUT2D eigenvalue weighted by atomic mass is 16.6. The largest absolute Gasteiger partial charge is 0.479 e. The zero-order valence-corrected chi connectivity index (χ0v) is 15.5. The van der Waals surface area contributed by atoms with Crippen molar-refractivity contribution in [3.63, 3.8) is 0 Å². The van der Waals surface area contributed by atoms with Gasteiger partial charge in [-0.15, -0.1) is 0 Å². The molecule has 6 heteroatoms. The maximum absolute atomic E-state index is 11.9. The lowest BCUT2D eigenvalue weighted by molar-refractivity contribution is -0.163. The van der Waals surface area contributed by atoms with Crippen molar-refractivity contribution < 1.29 is 24.2 Å². The summed E-state index contributed by atoms with van der Waals surface area (Å²) in [4.78, 5) is 34.0. The second-order valence-electron chi connectivity index (χ2n) is 4.48. The summed E-state index contributed by atoms with van der Waals surface area (Å²) in [6.45, 7) is 12.6. The molecule has 0 fully saturated rings. The van der Waals surface area contributed by atoms with Crippen molar-refractivity contribution in [1.82, 2.24) is 5.32 Å². The van der Waals surface area contributed by atoms with Crippen LogP contribution in [0.4, 0.5) is 0 Å². The maximum atomic E-state index is 11.9. The molecule has 1 unspecified atom stereocenters. The van der Waals surface area contributed by atoms with Crippen molar-refractivity contribution in [3.8, 4) is 0 Å². The number of benzene rings is 1. The predicted molar refractivity (Wildman–Crippen MR) is 94.0 cm³/mol. The summed E-state index contributed by atoms with van der Waals surface area (Å²) in [5.41, 5.74) is 1.44. The first kappa shape index (κ1) is 23.9. The Morgan fingerprint density at radius 2 is 1.46 bits per heavy atom. The molecule has 0 bridgehead atoms. The van der Waals surface area contributed by atoms with Crippen LogP contribution in [-0.4, -0.2) is 35.1 Å². The van der Waals surface area contributed by atoms with Gasteiger partial charge < -0.3 is 15.2 Å². The van der Waals surface area contributed by atoms with E-state index in [1.54, 1.807) is 24.3 Å². The van der Waals surface area contributed by atoms with E-state index in [4.69, 9.17) is 5.11 Å². The molecule has 0 aliphatic carbocycles. The summed E-state index contributed by atoms with van der Waals surface area (Å²) in [6, 6.07) is 5.92. The fraction of sp³-hybridized carbons (Fsp3) is 0.500. The molecule has 0 saturated heterocycles. The number of aliphatic carboxylic acids is 1. The number of carbonyl (C=O) groups is 3. The van der Waals surface area contributed by atoms with Crippen molar-refractivity contribution >= 4 is 17.8 Å². The quantitative estimate of drug-likeness (QED) is 0.804. The van der Waals surface area contributed by atoms with E-state index in [9.17, 15) is 14.4 Å². The van der Waals surface area contributed by atoms with Gasteiger partial charge in [-0.05, 0) is 32.9 Å². The predicted octanol–water partition coefficient (Wildman–Crippen LogP) is 3.18. The zero-order valence-electron chi connectivity index (χ0n) is 15.5. The topological polar surface area (TPSA) is 92.7 Å². The molecular weight excluding hydrogens is 310 g/mol. The minimum absolute atomic E-state index is 0.418. The highest BCUT2D eigenvalue weighted by molar-refractivity contribution is 5.96. The SMILES string of the molecule is CC.CC.Cc1ccc(C(=O)N[C@H](C)C(=O)OC(C)C(=O)O)cc1. The van der Waals surface area contributed by atoms with Crippen LogP contribution in [0.3, 0.4) is 0 Å². The average Bonchev–Trinajstić information content (AvgIpc) is 2.58. The molecule has 1 rings (SSSR count). The summed E-state index contributed by atoms with van der Waals surface area (Å²) in [6.07, 6.45) is -1.25. The van der Waals surface area contributed by atoms with E-state index in [1.807, 2.05) is 34.6 Å². The Bertz CT molecular complexity index is 511. The number of amides is 1. The third-order valence-corrected chi connectivity index (χ3v) is 2.66. The molecule has 0 aliphatic rings. The second-order valence-corrected chi connectivity index (χ2v) is 4.48. The van der Waals surface area contributed by atoms with Crippen LogP contribution in [-0.2, 0) is 14.3 Å². The number of hydrogen-bond donors (Lipinski definition) is 2. The lowest BCUT2D eigenvalue weighted by Gasteiger charge is -2.15. The van der Waals surface area contributed by atoms with E-state index in [1.165, 1.54) is 13.8 Å². The Labute approximate surface area is 144 Å². The molecule has 0 spiro atoms. The fourth-order valence-electron chi connectivity index (χ4n) is 1.37. The van der Waals surface area contributed by atoms with Crippen LogP contribution in [0.25, 0.3) is 0 Å². The number of esters is 1. The standard InChI is InChI=1S/C14H17NO5.2C2H6/c1-8-4-6-11(7-5-8)12(16)15-9(2)14(19)20-10(3)13(17)18;2*1-2/h4-7,9-10H,1-3H3,(H,15,16)(H,17,18);2*1-2H3/t9-,10?;;/m1../s1. The lowest BCUT2D eigenvalue weighted by Crippen LogP contribution is -2.41. The number of rotatable bonds is 5. The molecule has 2 atom stereocenters. The maximum Gasteiger partial charge on any atom is 0.344 e. The van der Waals surface area contributed by atoms with Crippen molar-refractivity contribution in [2.75, 3.05) is 0 Å². The number of carbonyl (C=O) groups excluding carboxylic acids is 2. The van der Waals surface area contributed by atoms with E-state index in [0.29, 0.717) is 5.56 Å². The van der Waals surface area contributed by atoms with Gasteiger partial charge in [-0.1, -0.05) is 45.4 Å². The first-order valence-electron chi connectivity index (χ1n) is 8.12. The zero-order chi connectivity index (χ0) is 19.3. The van der Waals surface area contributed by atoms with Gasteiger partial charge in [0.1, 0.15) is 6.04 Å². The van der Waals surface area contributed by atoms with Crippen molar-refractivity contribution in [1.29, 1.82) is 0 Å². The van der Waals surface area contributed by atoms with Crippen LogP contribution in [0.2, 0.25) is 0 Å². The summed E-state index contributed by atoms with van der Waals surface area (Å²) >= 11 is 0. The summed E-state index contributed by atoms with van der Waals surface area (Å²) in [5, 5.41) is 11.1. The molecular formula is C18H29NO5. The van der Waals surface area contributed by atoms with Gasteiger partial charge in [0, 0.05) is 5.56 Å². The third kappa shape index (κ3) is 8.92. The number of nitrogens with one attached hydrogen (secondary N) is 1. The van der Waals surface area contributed by atoms with E-state index in [-0.39, 0.29) is 0 Å². The van der Waals surface area contributed by atoms with Gasteiger partial charge >= 0.3 is 11.9 Å². The Morgan fingerprint density at radius 1 is 1.00 bits per heavy atom. The monoisotopic (exact) mass is 339 g/mol. The normalized spacial score (nSPS) is 11.5. The molecule has 24 heavy (non-hydrogen) atoms. The Morgan fingerprint density at radius 3 is 1.88 bits per heavy atom. The highest BCUT2D eigenvalue weighted by Crippen LogP contribution is 2.04. The van der Waals surface area contributed by atoms with Crippen molar-refractivity contribution in [2.24, 2.45) is 0 Å². The number of hydrogen-bond acceptors (Lipinski definition) is 4. The van der Waals surface area contributed by atoms with E-state index >= 15 is 0 Å². The molecule has 0 aliphatic heterocycles. The number of carboxylic acid groups (broad SMARTS) is 1.